The van der Waals surface area contributed by atoms with E-state index in [1.54, 1.807) is 0 Å². The van der Waals surface area contributed by atoms with Crippen LogP contribution in [0.3, 0.4) is 0 Å². The second-order valence-corrected chi connectivity index (χ2v) is 4.22. The van der Waals surface area contributed by atoms with Crippen LogP contribution in [0, 0.1) is 0 Å². The fraction of sp³-hybridized carbons (Fsp3) is 0.538. The van der Waals surface area contributed by atoms with Gasteiger partial charge in [-0.05, 0) is 24.2 Å². The van der Waals surface area contributed by atoms with E-state index in [9.17, 15) is 4.39 Å². The van der Waals surface area contributed by atoms with Crippen molar-refractivity contribution in [2.45, 2.75) is 13.6 Å². The van der Waals surface area contributed by atoms with Gasteiger partial charge in [-0.15, -0.1) is 0 Å². The van der Waals surface area contributed by atoms with Crippen LogP contribution in [0.2, 0.25) is 0 Å². The van der Waals surface area contributed by atoms with Gasteiger partial charge < -0.3 is 9.80 Å². The van der Waals surface area contributed by atoms with Crippen LogP contribution in [0.4, 0.5) is 10.1 Å². The molecular weight excluding hydrogens is 203 g/mol. The molecule has 1 saturated heterocycles. The molecule has 2 rings (SSSR count). The molecule has 0 unspecified atom stereocenters. The fourth-order valence-corrected chi connectivity index (χ4v) is 2.12. The Morgan fingerprint density at radius 1 is 1.06 bits per heavy atom. The summed E-state index contributed by atoms with van der Waals surface area (Å²) < 4.78 is 12.4. The Labute approximate surface area is 96.7 Å². The Balaban J connectivity index is 1.97. The van der Waals surface area contributed by atoms with Crippen molar-refractivity contribution in [3.63, 3.8) is 0 Å². The largest absolute Gasteiger partial charge is 0.369 e. The molecule has 0 saturated carbocycles. The summed E-state index contributed by atoms with van der Waals surface area (Å²) in [5, 5.41) is 0. The highest BCUT2D eigenvalue weighted by Gasteiger charge is 2.15. The molecular formula is C13H19FN2. The summed E-state index contributed by atoms with van der Waals surface area (Å²) in [6.45, 7) is 7.36. The van der Waals surface area contributed by atoms with E-state index in [1.165, 1.54) is 5.69 Å². The van der Waals surface area contributed by atoms with Gasteiger partial charge in [0.1, 0.15) is 6.67 Å². The molecule has 0 N–H and O–H groups in total. The van der Waals surface area contributed by atoms with Crippen molar-refractivity contribution >= 4 is 5.69 Å². The van der Waals surface area contributed by atoms with Gasteiger partial charge in [0.25, 0.3) is 0 Å². The molecule has 1 aliphatic heterocycles. The molecule has 16 heavy (non-hydrogen) atoms. The lowest BCUT2D eigenvalue weighted by molar-refractivity contribution is 0.271. The second-order valence-electron chi connectivity index (χ2n) is 4.22. The molecule has 1 heterocycles. The molecule has 0 aromatic heterocycles. The number of halogens is 1. The standard InChI is InChI=1S/C13H19FN2/c1-2-15-7-9-16(10-8-15)13-5-3-12(11-14)4-6-13/h3-6H,2,7-11H2,1H3. The predicted molar refractivity (Wildman–Crippen MR) is 65.6 cm³/mol. The molecule has 0 radical (unpaired) electrons. The monoisotopic (exact) mass is 222 g/mol. The van der Waals surface area contributed by atoms with Gasteiger partial charge in [-0.25, -0.2) is 4.39 Å². The van der Waals surface area contributed by atoms with Gasteiger partial charge in [0, 0.05) is 31.9 Å². The second kappa shape index (κ2) is 5.30. The summed E-state index contributed by atoms with van der Waals surface area (Å²) in [5.41, 5.74) is 1.98. The minimum absolute atomic E-state index is 0.371. The highest BCUT2D eigenvalue weighted by Crippen LogP contribution is 2.17. The van der Waals surface area contributed by atoms with Crippen LogP contribution in [0.1, 0.15) is 12.5 Å². The Hall–Kier alpha value is -1.09. The third-order valence-electron chi connectivity index (χ3n) is 3.28. The number of alkyl halides is 1. The van der Waals surface area contributed by atoms with Crippen LogP contribution in [0.5, 0.6) is 0 Å². The molecule has 0 amide bonds. The first-order chi connectivity index (χ1) is 7.83. The number of piperazine rings is 1. The third kappa shape index (κ3) is 2.53. The van der Waals surface area contributed by atoms with E-state index in [-0.39, 0.29) is 6.67 Å². The van der Waals surface area contributed by atoms with Gasteiger partial charge in [-0.3, -0.25) is 0 Å². The Kier molecular flexibility index (Phi) is 3.78. The SMILES string of the molecule is CCN1CCN(c2ccc(CF)cc2)CC1. The maximum absolute atomic E-state index is 12.4. The summed E-state index contributed by atoms with van der Waals surface area (Å²) in [6.07, 6.45) is 0. The molecule has 3 heteroatoms. The number of nitrogens with zero attached hydrogens (tertiary/aromatic N) is 2. The van der Waals surface area contributed by atoms with E-state index in [0.717, 1.165) is 38.3 Å². The average molecular weight is 222 g/mol. The minimum atomic E-state index is -0.371. The molecule has 1 fully saturated rings. The summed E-state index contributed by atoms with van der Waals surface area (Å²) in [4.78, 5) is 4.82. The highest BCUT2D eigenvalue weighted by atomic mass is 19.1. The minimum Gasteiger partial charge on any atom is -0.369 e. The summed E-state index contributed by atoms with van der Waals surface area (Å²) >= 11 is 0. The quantitative estimate of drug-likeness (QED) is 0.774. The topological polar surface area (TPSA) is 6.48 Å². The first-order valence-electron chi connectivity index (χ1n) is 5.95. The van der Waals surface area contributed by atoms with Gasteiger partial charge in [-0.2, -0.15) is 0 Å². The lowest BCUT2D eigenvalue weighted by Gasteiger charge is -2.35. The zero-order valence-corrected chi connectivity index (χ0v) is 9.82. The van der Waals surface area contributed by atoms with Crippen molar-refractivity contribution in [2.24, 2.45) is 0 Å². The Morgan fingerprint density at radius 3 is 2.19 bits per heavy atom. The number of anilines is 1. The molecule has 0 bridgehead atoms. The maximum atomic E-state index is 12.4. The number of benzene rings is 1. The predicted octanol–water partition coefficient (Wildman–Crippen LogP) is 2.30. The molecule has 2 nitrogen and oxygen atoms in total. The Morgan fingerprint density at radius 2 is 1.69 bits per heavy atom. The zero-order chi connectivity index (χ0) is 11.4. The van der Waals surface area contributed by atoms with Gasteiger partial charge >= 0.3 is 0 Å². The summed E-state index contributed by atoms with van der Waals surface area (Å²) in [6, 6.07) is 7.80. The average Bonchev–Trinajstić information content (AvgIpc) is 2.39. The van der Waals surface area contributed by atoms with Crippen LogP contribution >= 0.6 is 0 Å². The first-order valence-corrected chi connectivity index (χ1v) is 5.95. The van der Waals surface area contributed by atoms with Gasteiger partial charge in [-0.1, -0.05) is 19.1 Å². The van der Waals surface area contributed by atoms with Crippen LogP contribution in [0.25, 0.3) is 0 Å². The number of hydrogen-bond acceptors (Lipinski definition) is 2. The third-order valence-corrected chi connectivity index (χ3v) is 3.28. The lowest BCUT2D eigenvalue weighted by atomic mass is 10.2. The normalized spacial score (nSPS) is 17.8. The highest BCUT2D eigenvalue weighted by molar-refractivity contribution is 5.48. The molecule has 88 valence electrons. The molecule has 1 aromatic carbocycles. The van der Waals surface area contributed by atoms with Crippen LogP contribution < -0.4 is 4.90 Å². The molecule has 0 aliphatic carbocycles. The van der Waals surface area contributed by atoms with E-state index in [0.29, 0.717) is 0 Å². The molecule has 1 aliphatic rings. The van der Waals surface area contributed by atoms with E-state index >= 15 is 0 Å². The van der Waals surface area contributed by atoms with Gasteiger partial charge in [0.05, 0.1) is 0 Å². The van der Waals surface area contributed by atoms with Gasteiger partial charge in [0.2, 0.25) is 0 Å². The van der Waals surface area contributed by atoms with Crippen molar-refractivity contribution in [1.82, 2.24) is 4.90 Å². The lowest BCUT2D eigenvalue weighted by Crippen LogP contribution is -2.46. The van der Waals surface area contributed by atoms with Crippen molar-refractivity contribution in [2.75, 3.05) is 37.6 Å². The first kappa shape index (κ1) is 11.4. The fourth-order valence-electron chi connectivity index (χ4n) is 2.12. The summed E-state index contributed by atoms with van der Waals surface area (Å²) in [7, 11) is 0. The van der Waals surface area contributed by atoms with E-state index in [2.05, 4.69) is 16.7 Å². The van der Waals surface area contributed by atoms with Crippen LogP contribution in [-0.2, 0) is 6.67 Å². The zero-order valence-electron chi connectivity index (χ0n) is 9.82. The van der Waals surface area contributed by atoms with E-state index in [1.807, 2.05) is 24.3 Å². The molecule has 1 aromatic rings. The number of rotatable bonds is 3. The molecule has 0 atom stereocenters. The number of likely N-dealkylation sites (N-methyl/N-ethyl adjacent to an activating group) is 1. The number of hydrogen-bond donors (Lipinski definition) is 0. The van der Waals surface area contributed by atoms with Crippen molar-refractivity contribution in [3.8, 4) is 0 Å². The van der Waals surface area contributed by atoms with Crippen molar-refractivity contribution < 1.29 is 4.39 Å². The maximum Gasteiger partial charge on any atom is 0.115 e. The van der Waals surface area contributed by atoms with Crippen LogP contribution in [-0.4, -0.2) is 37.6 Å². The van der Waals surface area contributed by atoms with Crippen LogP contribution in [0.15, 0.2) is 24.3 Å². The van der Waals surface area contributed by atoms with E-state index in [4.69, 9.17) is 0 Å². The smallest absolute Gasteiger partial charge is 0.115 e. The summed E-state index contributed by atoms with van der Waals surface area (Å²) in [5.74, 6) is 0. The van der Waals surface area contributed by atoms with E-state index < -0.39 is 0 Å². The van der Waals surface area contributed by atoms with Crippen molar-refractivity contribution in [1.29, 1.82) is 0 Å². The Bertz CT molecular complexity index is 315. The van der Waals surface area contributed by atoms with Gasteiger partial charge in [0.15, 0.2) is 0 Å². The molecule has 0 spiro atoms. The van der Waals surface area contributed by atoms with Crippen molar-refractivity contribution in [3.05, 3.63) is 29.8 Å².